The number of rotatable bonds is 3. The van der Waals surface area contributed by atoms with Gasteiger partial charge in [0.05, 0.1) is 6.54 Å². The summed E-state index contributed by atoms with van der Waals surface area (Å²) in [5, 5.41) is 3.91. The maximum Gasteiger partial charge on any atom is 0.254 e. The topological polar surface area (TPSA) is 79.5 Å². The molecule has 1 saturated carbocycles. The van der Waals surface area contributed by atoms with Crippen LogP contribution in [0.15, 0.2) is 34.9 Å². The molecule has 0 spiro atoms. The van der Waals surface area contributed by atoms with Gasteiger partial charge in [-0.1, -0.05) is 36.2 Å². The van der Waals surface area contributed by atoms with Crippen molar-refractivity contribution in [1.82, 2.24) is 19.9 Å². The minimum Gasteiger partial charge on any atom is -0.340 e. The average molecular weight is 382 g/mol. The van der Waals surface area contributed by atoms with E-state index in [1.165, 1.54) is 0 Å². The van der Waals surface area contributed by atoms with Gasteiger partial charge in [0.15, 0.2) is 5.82 Å². The van der Waals surface area contributed by atoms with Crippen molar-refractivity contribution >= 4 is 11.8 Å². The van der Waals surface area contributed by atoms with Crippen molar-refractivity contribution in [2.75, 3.05) is 19.6 Å². The maximum atomic E-state index is 13.2. The van der Waals surface area contributed by atoms with Crippen molar-refractivity contribution in [3.8, 4) is 0 Å². The molecule has 1 aromatic carbocycles. The zero-order valence-corrected chi connectivity index (χ0v) is 16.2. The third-order valence-electron chi connectivity index (χ3n) is 5.72. The van der Waals surface area contributed by atoms with Crippen molar-refractivity contribution < 1.29 is 14.1 Å². The second-order valence-electron chi connectivity index (χ2n) is 7.68. The van der Waals surface area contributed by atoms with Crippen LogP contribution in [-0.4, -0.2) is 51.4 Å². The number of amides is 2. The van der Waals surface area contributed by atoms with E-state index in [-0.39, 0.29) is 17.7 Å². The number of hydrogen-bond donors (Lipinski definition) is 0. The summed E-state index contributed by atoms with van der Waals surface area (Å²) in [7, 11) is 0. The lowest BCUT2D eigenvalue weighted by molar-refractivity contribution is -0.135. The zero-order valence-electron chi connectivity index (χ0n) is 16.2. The highest BCUT2D eigenvalue weighted by atomic mass is 16.5. The van der Waals surface area contributed by atoms with E-state index >= 15 is 0 Å². The van der Waals surface area contributed by atoms with Crippen LogP contribution in [0.2, 0.25) is 0 Å². The highest BCUT2D eigenvalue weighted by Gasteiger charge is 2.37. The van der Waals surface area contributed by atoms with Gasteiger partial charge in [0.2, 0.25) is 5.91 Å². The van der Waals surface area contributed by atoms with Gasteiger partial charge in [-0.2, -0.15) is 4.98 Å². The van der Waals surface area contributed by atoms with Gasteiger partial charge in [-0.3, -0.25) is 9.59 Å². The number of carbonyl (C=O) groups excluding carboxylic acids is 2. The maximum absolute atomic E-state index is 13.2. The standard InChI is InChI=1S/C21H26N4O3/c1-15-22-19(28-23-15)18-14-24(20(26)16-10-5-6-11-16)12-7-13-25(18)21(27)17-8-3-2-4-9-17/h2-4,8-9,16,18H,5-7,10-14H2,1H3. The molecule has 1 atom stereocenters. The number of aryl methyl sites for hydroxylation is 1. The Balaban J connectivity index is 1.62. The molecule has 1 unspecified atom stereocenters. The van der Waals surface area contributed by atoms with Crippen LogP contribution in [0.3, 0.4) is 0 Å². The number of aromatic nitrogens is 2. The molecule has 7 nitrogen and oxygen atoms in total. The fourth-order valence-electron chi connectivity index (χ4n) is 4.27. The van der Waals surface area contributed by atoms with E-state index < -0.39 is 6.04 Å². The molecule has 0 radical (unpaired) electrons. The van der Waals surface area contributed by atoms with Crippen LogP contribution in [0, 0.1) is 12.8 Å². The van der Waals surface area contributed by atoms with E-state index in [0.29, 0.717) is 36.9 Å². The number of nitrogens with zero attached hydrogens (tertiary/aromatic N) is 4. The Labute approximate surface area is 164 Å². The molecule has 1 saturated heterocycles. The summed E-state index contributed by atoms with van der Waals surface area (Å²) < 4.78 is 5.44. The number of benzene rings is 1. The Morgan fingerprint density at radius 2 is 1.82 bits per heavy atom. The molecule has 2 amide bonds. The second-order valence-corrected chi connectivity index (χ2v) is 7.68. The molecule has 1 aliphatic heterocycles. The first-order valence-corrected chi connectivity index (χ1v) is 10.1. The molecule has 2 aromatic rings. The van der Waals surface area contributed by atoms with Crippen molar-refractivity contribution in [2.45, 2.75) is 45.1 Å². The molecule has 0 N–H and O–H groups in total. The summed E-state index contributed by atoms with van der Waals surface area (Å²) in [5.74, 6) is 1.17. The van der Waals surface area contributed by atoms with Crippen LogP contribution >= 0.6 is 0 Å². The molecule has 1 aliphatic carbocycles. The van der Waals surface area contributed by atoms with E-state index in [4.69, 9.17) is 4.52 Å². The minimum absolute atomic E-state index is 0.0726. The van der Waals surface area contributed by atoms with E-state index in [2.05, 4.69) is 10.1 Å². The summed E-state index contributed by atoms with van der Waals surface area (Å²) in [4.78, 5) is 34.3. The van der Waals surface area contributed by atoms with Gasteiger partial charge >= 0.3 is 0 Å². The Kier molecular flexibility index (Phi) is 5.41. The lowest BCUT2D eigenvalue weighted by Gasteiger charge is -2.30. The summed E-state index contributed by atoms with van der Waals surface area (Å²) in [6, 6.07) is 8.79. The molecule has 7 heteroatoms. The van der Waals surface area contributed by atoms with Gasteiger partial charge in [-0.05, 0) is 38.3 Å². The summed E-state index contributed by atoms with van der Waals surface area (Å²) in [6.45, 7) is 3.36. The lowest BCUT2D eigenvalue weighted by Crippen LogP contribution is -2.42. The van der Waals surface area contributed by atoms with Crippen molar-refractivity contribution in [2.24, 2.45) is 5.92 Å². The number of hydrogen-bond acceptors (Lipinski definition) is 5. The fraction of sp³-hybridized carbons (Fsp3) is 0.524. The van der Waals surface area contributed by atoms with Crippen molar-refractivity contribution in [3.05, 3.63) is 47.6 Å². The van der Waals surface area contributed by atoms with Crippen LogP contribution in [-0.2, 0) is 4.79 Å². The summed E-state index contributed by atoms with van der Waals surface area (Å²) >= 11 is 0. The first-order chi connectivity index (χ1) is 13.6. The summed E-state index contributed by atoms with van der Waals surface area (Å²) in [6.07, 6.45) is 4.91. The van der Waals surface area contributed by atoms with Gasteiger partial charge in [0.1, 0.15) is 6.04 Å². The van der Waals surface area contributed by atoms with E-state index in [1.54, 1.807) is 11.8 Å². The zero-order chi connectivity index (χ0) is 19.5. The predicted octanol–water partition coefficient (Wildman–Crippen LogP) is 2.98. The molecule has 1 aromatic heterocycles. The predicted molar refractivity (Wildman–Crippen MR) is 102 cm³/mol. The second kappa shape index (κ2) is 8.12. The smallest absolute Gasteiger partial charge is 0.254 e. The molecule has 2 heterocycles. The monoisotopic (exact) mass is 382 g/mol. The average Bonchev–Trinajstić information content (AvgIpc) is 3.35. The van der Waals surface area contributed by atoms with Crippen molar-refractivity contribution in [1.29, 1.82) is 0 Å². The quantitative estimate of drug-likeness (QED) is 0.815. The normalized spacial score (nSPS) is 21.0. The van der Waals surface area contributed by atoms with Gasteiger partial charge in [-0.25, -0.2) is 0 Å². The van der Waals surface area contributed by atoms with Crippen LogP contribution in [0.25, 0.3) is 0 Å². The van der Waals surface area contributed by atoms with Gasteiger partial charge in [0.25, 0.3) is 11.8 Å². The molecule has 148 valence electrons. The Bertz CT molecular complexity index is 829. The highest BCUT2D eigenvalue weighted by Crippen LogP contribution is 2.30. The third kappa shape index (κ3) is 3.79. The van der Waals surface area contributed by atoms with Crippen molar-refractivity contribution in [3.63, 3.8) is 0 Å². The van der Waals surface area contributed by atoms with Crippen LogP contribution in [0.5, 0.6) is 0 Å². The highest BCUT2D eigenvalue weighted by molar-refractivity contribution is 5.94. The molecular weight excluding hydrogens is 356 g/mol. The molecule has 28 heavy (non-hydrogen) atoms. The van der Waals surface area contributed by atoms with E-state index in [9.17, 15) is 9.59 Å². The molecule has 2 aliphatic rings. The third-order valence-corrected chi connectivity index (χ3v) is 5.72. The molecule has 2 fully saturated rings. The van der Waals surface area contributed by atoms with Crippen LogP contribution in [0.4, 0.5) is 0 Å². The molecule has 0 bridgehead atoms. The summed E-state index contributed by atoms with van der Waals surface area (Å²) in [5.41, 5.74) is 0.624. The Hall–Kier alpha value is -2.70. The Morgan fingerprint density at radius 1 is 1.07 bits per heavy atom. The molecule has 4 rings (SSSR count). The van der Waals surface area contributed by atoms with Crippen LogP contribution in [0.1, 0.15) is 60.2 Å². The largest absolute Gasteiger partial charge is 0.340 e. The van der Waals surface area contributed by atoms with Gasteiger partial charge in [-0.15, -0.1) is 0 Å². The SMILES string of the molecule is Cc1noc(C2CN(C(=O)C3CCCC3)CCCN2C(=O)c2ccccc2)n1. The number of carbonyl (C=O) groups is 2. The fourth-order valence-corrected chi connectivity index (χ4v) is 4.27. The first-order valence-electron chi connectivity index (χ1n) is 10.1. The first kappa shape index (κ1) is 18.7. The van der Waals surface area contributed by atoms with E-state index in [0.717, 1.165) is 32.1 Å². The Morgan fingerprint density at radius 3 is 2.50 bits per heavy atom. The van der Waals surface area contributed by atoms with Crippen LogP contribution < -0.4 is 0 Å². The van der Waals surface area contributed by atoms with Gasteiger partial charge < -0.3 is 14.3 Å². The minimum atomic E-state index is -0.429. The van der Waals surface area contributed by atoms with Gasteiger partial charge in [0, 0.05) is 24.6 Å². The molecular formula is C21H26N4O3. The lowest BCUT2D eigenvalue weighted by atomic mass is 10.1. The van der Waals surface area contributed by atoms with E-state index in [1.807, 2.05) is 35.2 Å².